The molecule has 0 saturated heterocycles. The number of rotatable bonds is 6. The van der Waals surface area contributed by atoms with Crippen molar-refractivity contribution >= 4 is 11.6 Å². The van der Waals surface area contributed by atoms with E-state index in [2.05, 4.69) is 25.6 Å². The van der Waals surface area contributed by atoms with Gasteiger partial charge in [0, 0.05) is 31.5 Å². The van der Waals surface area contributed by atoms with Crippen LogP contribution in [-0.4, -0.2) is 28.0 Å². The van der Waals surface area contributed by atoms with Gasteiger partial charge in [0.2, 0.25) is 0 Å². The van der Waals surface area contributed by atoms with E-state index in [1.54, 1.807) is 6.33 Å². The third-order valence-electron chi connectivity index (χ3n) is 2.49. The lowest BCUT2D eigenvalue weighted by atomic mass is 10.2. The van der Waals surface area contributed by atoms with Gasteiger partial charge in [0.15, 0.2) is 0 Å². The maximum atomic E-state index is 4.18. The molecule has 0 amide bonds. The number of hydrogen-bond acceptors (Lipinski definition) is 5. The molecular weight excluding hydrogens is 226 g/mol. The smallest absolute Gasteiger partial charge is 0.131 e. The van der Waals surface area contributed by atoms with Gasteiger partial charge in [-0.15, -0.1) is 0 Å². The van der Waals surface area contributed by atoms with Crippen molar-refractivity contribution in [3.05, 3.63) is 42.5 Å². The van der Waals surface area contributed by atoms with Crippen LogP contribution >= 0.6 is 0 Å². The summed E-state index contributed by atoms with van der Waals surface area (Å²) in [5, 5.41) is 6.44. The van der Waals surface area contributed by atoms with Crippen molar-refractivity contribution in [2.24, 2.45) is 0 Å². The maximum Gasteiger partial charge on any atom is 0.131 e. The molecule has 18 heavy (non-hydrogen) atoms. The van der Waals surface area contributed by atoms with Gasteiger partial charge in [0.1, 0.15) is 18.0 Å². The highest BCUT2D eigenvalue weighted by Gasteiger charge is 1.97. The van der Waals surface area contributed by atoms with Gasteiger partial charge in [0.25, 0.3) is 0 Å². The van der Waals surface area contributed by atoms with E-state index in [0.29, 0.717) is 0 Å². The van der Waals surface area contributed by atoms with Crippen molar-refractivity contribution < 1.29 is 0 Å². The molecule has 0 unspecified atom stereocenters. The summed E-state index contributed by atoms with van der Waals surface area (Å²) in [6, 6.07) is 5.95. The highest BCUT2D eigenvalue weighted by atomic mass is 15.1. The largest absolute Gasteiger partial charge is 0.370 e. The predicted octanol–water partition coefficient (Wildman–Crippen LogP) is 1.96. The zero-order valence-electron chi connectivity index (χ0n) is 10.4. The van der Waals surface area contributed by atoms with Crippen LogP contribution in [-0.2, 0) is 6.42 Å². The first-order chi connectivity index (χ1) is 8.88. The lowest BCUT2D eigenvalue weighted by Crippen LogP contribution is -2.07. The Hall–Kier alpha value is -2.17. The Bertz CT molecular complexity index is 472. The third kappa shape index (κ3) is 3.69. The van der Waals surface area contributed by atoms with Crippen molar-refractivity contribution in [3.63, 3.8) is 0 Å². The summed E-state index contributed by atoms with van der Waals surface area (Å²) in [4.78, 5) is 12.3. The van der Waals surface area contributed by atoms with E-state index in [1.165, 1.54) is 5.56 Å². The molecule has 0 aliphatic heterocycles. The molecule has 0 aromatic carbocycles. The molecule has 0 fully saturated rings. The molecule has 0 radical (unpaired) electrons. The lowest BCUT2D eigenvalue weighted by Gasteiger charge is -2.07. The zero-order valence-corrected chi connectivity index (χ0v) is 10.4. The van der Waals surface area contributed by atoms with E-state index in [1.807, 2.05) is 37.5 Å². The van der Waals surface area contributed by atoms with Crippen LogP contribution in [0.3, 0.4) is 0 Å². The fraction of sp³-hybridized carbons (Fsp3) is 0.308. The van der Waals surface area contributed by atoms with Gasteiger partial charge in [0.05, 0.1) is 0 Å². The molecule has 0 aliphatic carbocycles. The van der Waals surface area contributed by atoms with E-state index in [-0.39, 0.29) is 0 Å². The minimum absolute atomic E-state index is 0.840. The molecule has 94 valence electrons. The van der Waals surface area contributed by atoms with Crippen molar-refractivity contribution in [3.8, 4) is 0 Å². The third-order valence-corrected chi connectivity index (χ3v) is 2.49. The number of anilines is 2. The molecule has 2 heterocycles. The average Bonchev–Trinajstić information content (AvgIpc) is 2.41. The average molecular weight is 243 g/mol. The summed E-state index contributed by atoms with van der Waals surface area (Å²) >= 11 is 0. The van der Waals surface area contributed by atoms with Crippen LogP contribution in [0.2, 0.25) is 0 Å². The summed E-state index contributed by atoms with van der Waals surface area (Å²) in [5.74, 6) is 1.69. The fourth-order valence-electron chi connectivity index (χ4n) is 1.62. The van der Waals surface area contributed by atoms with Crippen molar-refractivity contribution in [1.82, 2.24) is 15.0 Å². The fourth-order valence-corrected chi connectivity index (χ4v) is 1.62. The van der Waals surface area contributed by atoms with Gasteiger partial charge in [-0.2, -0.15) is 0 Å². The first kappa shape index (κ1) is 12.3. The van der Waals surface area contributed by atoms with E-state index < -0.39 is 0 Å². The monoisotopic (exact) mass is 243 g/mol. The van der Waals surface area contributed by atoms with Crippen molar-refractivity contribution in [2.75, 3.05) is 23.7 Å². The molecule has 5 nitrogen and oxygen atoms in total. The molecule has 2 aromatic heterocycles. The number of hydrogen-bond donors (Lipinski definition) is 2. The number of pyridine rings is 1. The molecule has 0 atom stereocenters. The Morgan fingerprint density at radius 3 is 2.50 bits per heavy atom. The molecule has 0 spiro atoms. The molecule has 5 heteroatoms. The first-order valence-electron chi connectivity index (χ1n) is 6.07. The van der Waals surface area contributed by atoms with Gasteiger partial charge in [-0.05, 0) is 31.0 Å². The molecule has 2 rings (SSSR count). The standard InChI is InChI=1S/C13H17N5/c1-2-15-12-9-13(18-10-17-12)16-8-5-11-3-6-14-7-4-11/h3-4,6-7,9-10H,2,5,8H2,1H3,(H2,15,16,17,18). The normalized spacial score (nSPS) is 10.1. The Balaban J connectivity index is 1.84. The van der Waals surface area contributed by atoms with Crippen LogP contribution in [0.15, 0.2) is 36.9 Å². The molecular formula is C13H17N5. The number of nitrogens with one attached hydrogen (secondary N) is 2. The van der Waals surface area contributed by atoms with Crippen LogP contribution in [0.25, 0.3) is 0 Å². The second-order valence-electron chi connectivity index (χ2n) is 3.85. The lowest BCUT2D eigenvalue weighted by molar-refractivity contribution is 0.992. The second-order valence-corrected chi connectivity index (χ2v) is 3.85. The molecule has 2 N–H and O–H groups in total. The minimum atomic E-state index is 0.840. The van der Waals surface area contributed by atoms with Crippen molar-refractivity contribution in [2.45, 2.75) is 13.3 Å². The number of nitrogens with zero attached hydrogens (tertiary/aromatic N) is 3. The SMILES string of the molecule is CCNc1cc(NCCc2ccncc2)ncn1. The Labute approximate surface area is 107 Å². The maximum absolute atomic E-state index is 4.18. The highest BCUT2D eigenvalue weighted by molar-refractivity contribution is 5.46. The zero-order chi connectivity index (χ0) is 12.6. The second kappa shape index (κ2) is 6.54. The summed E-state index contributed by atoms with van der Waals surface area (Å²) in [5.41, 5.74) is 1.26. The topological polar surface area (TPSA) is 62.7 Å². The Kier molecular flexibility index (Phi) is 4.46. The van der Waals surface area contributed by atoms with Gasteiger partial charge in [-0.3, -0.25) is 4.98 Å². The first-order valence-corrected chi connectivity index (χ1v) is 6.07. The van der Waals surface area contributed by atoms with E-state index in [0.717, 1.165) is 31.1 Å². The van der Waals surface area contributed by atoms with Crippen LogP contribution in [0.5, 0.6) is 0 Å². The van der Waals surface area contributed by atoms with Crippen molar-refractivity contribution in [1.29, 1.82) is 0 Å². The van der Waals surface area contributed by atoms with E-state index >= 15 is 0 Å². The predicted molar refractivity (Wildman–Crippen MR) is 72.6 cm³/mol. The summed E-state index contributed by atoms with van der Waals surface area (Å²) in [6.07, 6.45) is 6.13. The van der Waals surface area contributed by atoms with Gasteiger partial charge in [-0.25, -0.2) is 9.97 Å². The summed E-state index contributed by atoms with van der Waals surface area (Å²) in [6.45, 7) is 3.73. The molecule has 2 aromatic rings. The quantitative estimate of drug-likeness (QED) is 0.812. The number of aromatic nitrogens is 3. The summed E-state index contributed by atoms with van der Waals surface area (Å²) < 4.78 is 0. The molecule has 0 bridgehead atoms. The Morgan fingerprint density at radius 2 is 1.78 bits per heavy atom. The van der Waals surface area contributed by atoms with Crippen LogP contribution < -0.4 is 10.6 Å². The molecule has 0 aliphatic rings. The van der Waals surface area contributed by atoms with Gasteiger partial charge < -0.3 is 10.6 Å². The van der Waals surface area contributed by atoms with E-state index in [4.69, 9.17) is 0 Å². The highest BCUT2D eigenvalue weighted by Crippen LogP contribution is 2.08. The molecule has 0 saturated carbocycles. The van der Waals surface area contributed by atoms with Crippen LogP contribution in [0.4, 0.5) is 11.6 Å². The Morgan fingerprint density at radius 1 is 1.06 bits per heavy atom. The van der Waals surface area contributed by atoms with Gasteiger partial charge >= 0.3 is 0 Å². The van der Waals surface area contributed by atoms with E-state index in [9.17, 15) is 0 Å². The summed E-state index contributed by atoms with van der Waals surface area (Å²) in [7, 11) is 0. The van der Waals surface area contributed by atoms with Crippen LogP contribution in [0.1, 0.15) is 12.5 Å². The minimum Gasteiger partial charge on any atom is -0.370 e. The van der Waals surface area contributed by atoms with Crippen LogP contribution in [0, 0.1) is 0 Å². The van der Waals surface area contributed by atoms with Gasteiger partial charge in [-0.1, -0.05) is 0 Å².